The molecule has 0 radical (unpaired) electrons. The fraction of sp³-hybridized carbons (Fsp3) is 0.130. The van der Waals surface area contributed by atoms with Gasteiger partial charge in [-0.3, -0.25) is 9.59 Å². The highest BCUT2D eigenvalue weighted by atomic mass is 35.5. The molecule has 2 aromatic carbocycles. The zero-order valence-electron chi connectivity index (χ0n) is 15.4. The van der Waals surface area contributed by atoms with Crippen molar-refractivity contribution in [2.45, 2.75) is 12.5 Å². The van der Waals surface area contributed by atoms with E-state index in [4.69, 9.17) is 11.6 Å². The first-order valence-corrected chi connectivity index (χ1v) is 10.4. The number of ketones is 1. The number of carbonyl (C=O) groups is 2. The van der Waals surface area contributed by atoms with Crippen LogP contribution in [0.4, 0.5) is 0 Å². The molecular formula is C23H18ClNO3S. The van der Waals surface area contributed by atoms with Crippen molar-refractivity contribution in [3.8, 4) is 0 Å². The molecule has 29 heavy (non-hydrogen) atoms. The molecule has 146 valence electrons. The van der Waals surface area contributed by atoms with E-state index in [1.165, 1.54) is 11.3 Å². The Hall–Kier alpha value is -2.89. The number of rotatable bonds is 6. The van der Waals surface area contributed by atoms with Crippen molar-refractivity contribution in [2.24, 2.45) is 0 Å². The summed E-state index contributed by atoms with van der Waals surface area (Å²) in [5.74, 6) is -1.33. The standard InChI is InChI=1S/C23H18ClNO3S/c24-17-10-8-16(9-11-17)20-19(21(26)18-7-4-14-29-18)22(27)23(28)25(20)13-12-15-5-2-1-3-6-15/h1-11,14,20,27H,12-13H2/t20-/m0/s1. The van der Waals surface area contributed by atoms with Crippen molar-refractivity contribution in [3.05, 3.63) is 104 Å². The highest BCUT2D eigenvalue weighted by molar-refractivity contribution is 7.12. The van der Waals surface area contributed by atoms with Gasteiger partial charge in [-0.1, -0.05) is 60.1 Å². The van der Waals surface area contributed by atoms with E-state index >= 15 is 0 Å². The molecule has 0 bridgehead atoms. The molecule has 3 aromatic rings. The zero-order chi connectivity index (χ0) is 20.4. The number of Topliss-reactive ketones (excluding diaryl/α,β-unsaturated/α-hetero) is 1. The largest absolute Gasteiger partial charge is 0.503 e. The molecule has 1 atom stereocenters. The lowest BCUT2D eigenvalue weighted by molar-refractivity contribution is -0.129. The third-order valence-electron chi connectivity index (χ3n) is 4.96. The summed E-state index contributed by atoms with van der Waals surface area (Å²) in [6, 6.07) is 19.6. The first kappa shape index (κ1) is 19.4. The van der Waals surface area contributed by atoms with E-state index in [0.717, 1.165) is 11.1 Å². The normalized spacial score (nSPS) is 16.5. The van der Waals surface area contributed by atoms with Crippen molar-refractivity contribution in [2.75, 3.05) is 6.54 Å². The Kier molecular flexibility index (Phi) is 5.51. The molecular weight excluding hydrogens is 406 g/mol. The van der Waals surface area contributed by atoms with Crippen LogP contribution in [0.5, 0.6) is 0 Å². The third kappa shape index (κ3) is 3.84. The predicted molar refractivity (Wildman–Crippen MR) is 114 cm³/mol. The van der Waals surface area contributed by atoms with E-state index in [0.29, 0.717) is 22.9 Å². The summed E-state index contributed by atoms with van der Waals surface area (Å²) in [4.78, 5) is 28.1. The number of hydrogen-bond donors (Lipinski definition) is 1. The summed E-state index contributed by atoms with van der Waals surface area (Å²) < 4.78 is 0. The summed E-state index contributed by atoms with van der Waals surface area (Å²) in [6.07, 6.45) is 0.615. The van der Waals surface area contributed by atoms with Gasteiger partial charge in [0.1, 0.15) is 0 Å². The Morgan fingerprint density at radius 3 is 2.41 bits per heavy atom. The van der Waals surface area contributed by atoms with Crippen LogP contribution in [0.15, 0.2) is 83.4 Å². The van der Waals surface area contributed by atoms with Crippen LogP contribution < -0.4 is 0 Å². The van der Waals surface area contributed by atoms with Crippen LogP contribution in [0.25, 0.3) is 0 Å². The fourth-order valence-corrected chi connectivity index (χ4v) is 4.35. The van der Waals surface area contributed by atoms with Crippen LogP contribution in [0.1, 0.15) is 26.8 Å². The maximum Gasteiger partial charge on any atom is 0.290 e. The minimum Gasteiger partial charge on any atom is -0.503 e. The van der Waals surface area contributed by atoms with Crippen molar-refractivity contribution in [3.63, 3.8) is 0 Å². The average Bonchev–Trinajstić information content (AvgIpc) is 3.36. The highest BCUT2D eigenvalue weighted by Crippen LogP contribution is 2.39. The number of aliphatic hydroxyl groups is 1. The van der Waals surface area contributed by atoms with Gasteiger partial charge in [0.15, 0.2) is 5.76 Å². The SMILES string of the molecule is O=C(C1=C(O)C(=O)N(CCc2ccccc2)[C@H]1c1ccc(Cl)cc1)c1cccs1. The number of carbonyl (C=O) groups excluding carboxylic acids is 2. The van der Waals surface area contributed by atoms with Gasteiger partial charge in [0, 0.05) is 11.6 Å². The van der Waals surface area contributed by atoms with Gasteiger partial charge in [-0.15, -0.1) is 11.3 Å². The van der Waals surface area contributed by atoms with E-state index in [1.807, 2.05) is 30.3 Å². The summed E-state index contributed by atoms with van der Waals surface area (Å²) in [6.45, 7) is 0.376. The Balaban J connectivity index is 1.71. The molecule has 4 rings (SSSR count). The number of halogens is 1. The van der Waals surface area contributed by atoms with Gasteiger partial charge in [0.2, 0.25) is 5.78 Å². The van der Waals surface area contributed by atoms with Gasteiger partial charge in [-0.25, -0.2) is 0 Å². The van der Waals surface area contributed by atoms with Crippen LogP contribution in [-0.4, -0.2) is 28.2 Å². The van der Waals surface area contributed by atoms with Gasteiger partial charge in [-0.05, 0) is 41.1 Å². The Morgan fingerprint density at radius 1 is 1.03 bits per heavy atom. The van der Waals surface area contributed by atoms with Gasteiger partial charge in [0.05, 0.1) is 16.5 Å². The molecule has 0 saturated heterocycles. The number of hydrogen-bond acceptors (Lipinski definition) is 4. The second-order valence-electron chi connectivity index (χ2n) is 6.76. The van der Waals surface area contributed by atoms with Crippen LogP contribution >= 0.6 is 22.9 Å². The minimum absolute atomic E-state index is 0.118. The topological polar surface area (TPSA) is 57.6 Å². The number of nitrogens with zero attached hydrogens (tertiary/aromatic N) is 1. The van der Waals surface area contributed by atoms with Crippen LogP contribution in [-0.2, 0) is 11.2 Å². The lowest BCUT2D eigenvalue weighted by Crippen LogP contribution is -2.33. The molecule has 0 saturated carbocycles. The van der Waals surface area contributed by atoms with Crippen LogP contribution in [0.3, 0.4) is 0 Å². The van der Waals surface area contributed by atoms with E-state index < -0.39 is 17.7 Å². The maximum absolute atomic E-state index is 13.1. The van der Waals surface area contributed by atoms with Crippen molar-refractivity contribution in [1.29, 1.82) is 0 Å². The van der Waals surface area contributed by atoms with E-state index in [-0.39, 0.29) is 11.4 Å². The van der Waals surface area contributed by atoms with Crippen molar-refractivity contribution < 1.29 is 14.7 Å². The molecule has 1 aliphatic rings. The highest BCUT2D eigenvalue weighted by Gasteiger charge is 2.43. The van der Waals surface area contributed by atoms with Crippen molar-refractivity contribution in [1.82, 2.24) is 4.90 Å². The summed E-state index contributed by atoms with van der Waals surface area (Å²) in [5, 5.41) is 13.0. The molecule has 0 aliphatic carbocycles. The number of amides is 1. The lowest BCUT2D eigenvalue weighted by atomic mass is 9.95. The summed E-state index contributed by atoms with van der Waals surface area (Å²) in [7, 11) is 0. The Morgan fingerprint density at radius 2 is 1.76 bits per heavy atom. The molecule has 4 nitrogen and oxygen atoms in total. The first-order valence-electron chi connectivity index (χ1n) is 9.18. The monoisotopic (exact) mass is 423 g/mol. The van der Waals surface area contributed by atoms with Crippen LogP contribution in [0.2, 0.25) is 5.02 Å². The van der Waals surface area contributed by atoms with Gasteiger partial charge >= 0.3 is 0 Å². The molecule has 1 aromatic heterocycles. The molecule has 1 aliphatic heterocycles. The minimum atomic E-state index is -0.655. The van der Waals surface area contributed by atoms with E-state index in [1.54, 1.807) is 46.7 Å². The molecule has 1 N–H and O–H groups in total. The molecule has 0 unspecified atom stereocenters. The van der Waals surface area contributed by atoms with Gasteiger partial charge in [0.25, 0.3) is 5.91 Å². The van der Waals surface area contributed by atoms with E-state index in [2.05, 4.69) is 0 Å². The number of benzene rings is 2. The molecule has 0 spiro atoms. The molecule has 0 fully saturated rings. The second-order valence-corrected chi connectivity index (χ2v) is 8.14. The number of thiophene rings is 1. The first-order chi connectivity index (χ1) is 14.1. The van der Waals surface area contributed by atoms with Gasteiger partial charge in [-0.2, -0.15) is 0 Å². The quantitative estimate of drug-likeness (QED) is 0.553. The number of aliphatic hydroxyl groups excluding tert-OH is 1. The average molecular weight is 424 g/mol. The lowest BCUT2D eigenvalue weighted by Gasteiger charge is -2.27. The summed E-state index contributed by atoms with van der Waals surface area (Å²) >= 11 is 7.31. The van der Waals surface area contributed by atoms with E-state index in [9.17, 15) is 14.7 Å². The second kappa shape index (κ2) is 8.23. The predicted octanol–water partition coefficient (Wildman–Crippen LogP) is 5.22. The zero-order valence-corrected chi connectivity index (χ0v) is 17.0. The Labute approximate surface area is 177 Å². The third-order valence-corrected chi connectivity index (χ3v) is 6.08. The molecule has 6 heteroatoms. The maximum atomic E-state index is 13.1. The van der Waals surface area contributed by atoms with Gasteiger partial charge < -0.3 is 10.0 Å². The smallest absolute Gasteiger partial charge is 0.290 e. The van der Waals surface area contributed by atoms with Crippen molar-refractivity contribution >= 4 is 34.6 Å². The molecule has 2 heterocycles. The molecule has 1 amide bonds. The van der Waals surface area contributed by atoms with Crippen LogP contribution in [0, 0.1) is 0 Å². The Bertz CT molecular complexity index is 1060. The fourth-order valence-electron chi connectivity index (χ4n) is 3.54. The summed E-state index contributed by atoms with van der Waals surface area (Å²) in [5.41, 5.74) is 1.93.